The zero-order chi connectivity index (χ0) is 43.8. The standard InChI is InChI=1S/C11H15N5.C10H12N2.2C9H13N.C8H12N2/c1-11(2,3)8-5-6-9(12-7-8)10-13-14-15-16(10)4;1-10(2,3)8-5-6-9(11-4)12-7-8;1-9(2,3)8-4-6-10-7-5-8;1-9(2,3)8-5-4-6-10-7-8;1-8(2,3)7-4-9-6-10-5-7/h5-7H,1-4H3;5-7H,1-3H3;2*4-7H,1-3H3;4-6H,1-3H3. The predicted molar refractivity (Wildman–Crippen MR) is 237 cm³/mol. The molecule has 0 N–H and O–H groups in total. The van der Waals surface area contributed by atoms with Crippen LogP contribution in [-0.4, -0.2) is 50.1 Å². The van der Waals surface area contributed by atoms with Gasteiger partial charge in [0.1, 0.15) is 18.2 Å². The number of aryl methyl sites for hydroxylation is 1. The fourth-order valence-corrected chi connectivity index (χ4v) is 4.66. The SMILES string of the molecule is CC(C)(C)c1cccnc1.CC(C)(C)c1ccncc1.CC(C)(C)c1cncnc1.Cn1nnnc1-c1ccc(C(C)(C)C)cn1.[C-]#[N+]c1ccc(C(C)(C)C)cn1. The Balaban J connectivity index is 0.000000254. The van der Waals surface area contributed by atoms with Crippen LogP contribution < -0.4 is 0 Å². The number of aromatic nitrogens is 10. The summed E-state index contributed by atoms with van der Waals surface area (Å²) in [6.45, 7) is 39.2. The second kappa shape index (κ2) is 21.1. The van der Waals surface area contributed by atoms with Crippen LogP contribution in [0.5, 0.6) is 0 Å². The van der Waals surface area contributed by atoms with E-state index in [1.54, 1.807) is 36.5 Å². The van der Waals surface area contributed by atoms with Gasteiger partial charge >= 0.3 is 0 Å². The monoisotopic (exact) mass is 784 g/mol. The third-order valence-corrected chi connectivity index (χ3v) is 8.71. The molecule has 6 rings (SSSR count). The fraction of sp³-hybridized carbons (Fsp3) is 0.447. The van der Waals surface area contributed by atoms with E-state index in [1.165, 1.54) is 22.3 Å². The molecular formula is C47H65N11. The molecule has 6 aromatic rings. The fourth-order valence-electron chi connectivity index (χ4n) is 4.66. The van der Waals surface area contributed by atoms with Gasteiger partial charge in [-0.05, 0) is 95.7 Å². The number of rotatable bonds is 1. The largest absolute Gasteiger partial charge is 0.361 e. The maximum atomic E-state index is 6.73. The van der Waals surface area contributed by atoms with Crippen molar-refractivity contribution < 1.29 is 0 Å². The molecule has 308 valence electrons. The van der Waals surface area contributed by atoms with Crippen molar-refractivity contribution in [2.45, 2.75) is 131 Å². The number of hydrogen-bond donors (Lipinski definition) is 0. The van der Waals surface area contributed by atoms with E-state index in [-0.39, 0.29) is 27.1 Å². The smallest absolute Gasteiger partial charge is 0.269 e. The van der Waals surface area contributed by atoms with E-state index in [2.05, 4.69) is 178 Å². The molecule has 0 aliphatic heterocycles. The van der Waals surface area contributed by atoms with Crippen molar-refractivity contribution in [2.24, 2.45) is 7.05 Å². The minimum absolute atomic E-state index is 0.115. The molecule has 0 bridgehead atoms. The van der Waals surface area contributed by atoms with E-state index in [9.17, 15) is 0 Å². The van der Waals surface area contributed by atoms with Gasteiger partial charge in [-0.15, -0.1) is 10.1 Å². The second-order valence-electron chi connectivity index (χ2n) is 18.9. The van der Waals surface area contributed by atoms with Crippen molar-refractivity contribution in [1.82, 2.24) is 50.1 Å². The van der Waals surface area contributed by atoms with Crippen LogP contribution in [0.4, 0.5) is 5.82 Å². The lowest BCUT2D eigenvalue weighted by molar-refractivity contribution is 0.584. The van der Waals surface area contributed by atoms with Crippen LogP contribution in [0, 0.1) is 6.57 Å². The Kier molecular flexibility index (Phi) is 17.6. The summed E-state index contributed by atoms with van der Waals surface area (Å²) in [5, 5.41) is 11.3. The van der Waals surface area contributed by atoms with Crippen molar-refractivity contribution in [2.75, 3.05) is 0 Å². The molecule has 0 spiro atoms. The molecule has 0 fully saturated rings. The Labute approximate surface area is 348 Å². The third-order valence-electron chi connectivity index (χ3n) is 8.71. The van der Waals surface area contributed by atoms with Crippen molar-refractivity contribution in [3.63, 3.8) is 0 Å². The number of tetrazole rings is 1. The molecule has 11 heteroatoms. The molecule has 0 saturated carbocycles. The number of hydrogen-bond acceptors (Lipinski definition) is 9. The summed E-state index contributed by atoms with van der Waals surface area (Å²) >= 11 is 0. The van der Waals surface area contributed by atoms with E-state index < -0.39 is 0 Å². The molecule has 0 aromatic carbocycles. The molecule has 0 unspecified atom stereocenters. The van der Waals surface area contributed by atoms with Crippen molar-refractivity contribution in [1.29, 1.82) is 0 Å². The van der Waals surface area contributed by atoms with E-state index in [0.717, 1.165) is 11.3 Å². The topological polar surface area (TPSA) is 125 Å². The lowest BCUT2D eigenvalue weighted by Gasteiger charge is -2.18. The molecule has 6 heterocycles. The summed E-state index contributed by atoms with van der Waals surface area (Å²) in [7, 11) is 1.80. The van der Waals surface area contributed by atoms with E-state index in [4.69, 9.17) is 6.57 Å². The van der Waals surface area contributed by atoms with Gasteiger partial charge in [-0.1, -0.05) is 129 Å². The van der Waals surface area contributed by atoms with Crippen LogP contribution in [0.1, 0.15) is 132 Å². The average Bonchev–Trinajstić information content (AvgIpc) is 3.61. The Morgan fingerprint density at radius 3 is 1.29 bits per heavy atom. The Morgan fingerprint density at radius 1 is 0.483 bits per heavy atom. The maximum Gasteiger partial charge on any atom is 0.269 e. The van der Waals surface area contributed by atoms with Gasteiger partial charge in [0, 0.05) is 50.4 Å². The van der Waals surface area contributed by atoms with Crippen LogP contribution in [0.25, 0.3) is 16.4 Å². The van der Waals surface area contributed by atoms with E-state index in [1.807, 2.05) is 55.4 Å². The maximum absolute atomic E-state index is 6.73. The first-order valence-corrected chi connectivity index (χ1v) is 19.4. The summed E-state index contributed by atoms with van der Waals surface area (Å²) in [5.74, 6) is 1.14. The lowest BCUT2D eigenvalue weighted by atomic mass is 9.88. The van der Waals surface area contributed by atoms with E-state index in [0.29, 0.717) is 11.6 Å². The van der Waals surface area contributed by atoms with Gasteiger partial charge in [0.2, 0.25) is 0 Å². The Hall–Kier alpha value is -5.76. The summed E-state index contributed by atoms with van der Waals surface area (Å²) in [6, 6.07) is 15.9. The first-order chi connectivity index (χ1) is 26.8. The lowest BCUT2D eigenvalue weighted by Crippen LogP contribution is -2.11. The highest BCUT2D eigenvalue weighted by atomic mass is 15.5. The van der Waals surface area contributed by atoms with Crippen LogP contribution in [0.2, 0.25) is 0 Å². The zero-order valence-corrected chi connectivity index (χ0v) is 37.7. The number of nitrogens with zero attached hydrogens (tertiary/aromatic N) is 11. The molecule has 0 atom stereocenters. The summed E-state index contributed by atoms with van der Waals surface area (Å²) in [6.07, 6.45) is 16.3. The Morgan fingerprint density at radius 2 is 0.966 bits per heavy atom. The van der Waals surface area contributed by atoms with Gasteiger partial charge in [0.15, 0.2) is 5.82 Å². The van der Waals surface area contributed by atoms with Crippen molar-refractivity contribution in [3.05, 3.63) is 144 Å². The van der Waals surface area contributed by atoms with Gasteiger partial charge < -0.3 is 4.85 Å². The zero-order valence-electron chi connectivity index (χ0n) is 37.7. The average molecular weight is 784 g/mol. The minimum Gasteiger partial charge on any atom is -0.361 e. The minimum atomic E-state index is 0.115. The van der Waals surface area contributed by atoms with Crippen molar-refractivity contribution in [3.8, 4) is 11.5 Å². The predicted octanol–water partition coefficient (Wildman–Crippen LogP) is 11.0. The van der Waals surface area contributed by atoms with Gasteiger partial charge in [-0.2, -0.15) is 0 Å². The first kappa shape index (κ1) is 48.4. The highest BCUT2D eigenvalue weighted by Crippen LogP contribution is 2.25. The highest BCUT2D eigenvalue weighted by Gasteiger charge is 2.17. The molecule has 0 aliphatic rings. The van der Waals surface area contributed by atoms with Gasteiger partial charge in [-0.3, -0.25) is 15.0 Å². The van der Waals surface area contributed by atoms with Crippen LogP contribution in [0.15, 0.2) is 104 Å². The summed E-state index contributed by atoms with van der Waals surface area (Å²) < 4.78 is 1.61. The molecule has 0 aliphatic carbocycles. The molecule has 0 amide bonds. The highest BCUT2D eigenvalue weighted by molar-refractivity contribution is 5.48. The van der Waals surface area contributed by atoms with Crippen LogP contribution in [-0.2, 0) is 34.1 Å². The Bertz CT molecular complexity index is 1950. The second-order valence-corrected chi connectivity index (χ2v) is 18.9. The molecule has 6 aromatic heterocycles. The van der Waals surface area contributed by atoms with Gasteiger partial charge in [0.05, 0.1) is 0 Å². The van der Waals surface area contributed by atoms with Crippen LogP contribution in [0.3, 0.4) is 0 Å². The molecule has 11 nitrogen and oxygen atoms in total. The summed E-state index contributed by atoms with van der Waals surface area (Å²) in [5.41, 5.74) is 7.84. The first-order valence-electron chi connectivity index (χ1n) is 19.4. The summed E-state index contributed by atoms with van der Waals surface area (Å²) in [4.78, 5) is 27.5. The molecular weight excluding hydrogens is 719 g/mol. The van der Waals surface area contributed by atoms with Gasteiger partial charge in [0.25, 0.3) is 5.82 Å². The third kappa shape index (κ3) is 17.2. The van der Waals surface area contributed by atoms with Gasteiger partial charge in [-0.25, -0.2) is 14.6 Å². The number of pyridine rings is 4. The molecule has 58 heavy (non-hydrogen) atoms. The quantitative estimate of drug-likeness (QED) is 0.150. The molecule has 0 saturated heterocycles. The normalized spacial score (nSPS) is 11.4. The van der Waals surface area contributed by atoms with Crippen LogP contribution >= 0.6 is 0 Å². The van der Waals surface area contributed by atoms with E-state index >= 15 is 0 Å². The van der Waals surface area contributed by atoms with Crippen molar-refractivity contribution >= 4 is 5.82 Å². The molecule has 0 radical (unpaired) electrons.